The number of rotatable bonds is 10. The third kappa shape index (κ3) is 7.22. The number of methoxy groups -OCH3 is 2. The van der Waals surface area contributed by atoms with E-state index in [9.17, 15) is 19.2 Å². The Bertz CT molecular complexity index is 2460. The van der Waals surface area contributed by atoms with Gasteiger partial charge in [-0.2, -0.15) is 0 Å². The Labute approximate surface area is 334 Å². The summed E-state index contributed by atoms with van der Waals surface area (Å²) >= 11 is 0. The summed E-state index contributed by atoms with van der Waals surface area (Å²) in [5.74, 6) is 0.922. The molecule has 4 amide bonds. The van der Waals surface area contributed by atoms with Gasteiger partial charge in [-0.05, 0) is 73.9 Å². The van der Waals surface area contributed by atoms with Crippen LogP contribution in [0.5, 0.6) is 0 Å². The van der Waals surface area contributed by atoms with Crippen molar-refractivity contribution in [3.63, 3.8) is 0 Å². The van der Waals surface area contributed by atoms with Gasteiger partial charge in [-0.3, -0.25) is 9.59 Å². The van der Waals surface area contributed by atoms with Crippen molar-refractivity contribution in [1.29, 1.82) is 0 Å². The van der Waals surface area contributed by atoms with Crippen molar-refractivity contribution < 1.29 is 28.7 Å². The third-order valence-electron chi connectivity index (χ3n) is 11.5. The molecule has 6 aromatic rings. The van der Waals surface area contributed by atoms with Gasteiger partial charge < -0.3 is 49.8 Å². The topological polar surface area (TPSA) is 206 Å². The lowest BCUT2D eigenvalue weighted by atomic mass is 10.0. The number of hydrogen-bond acceptors (Lipinski definition) is 8. The molecule has 8 rings (SSSR count). The second-order valence-electron chi connectivity index (χ2n) is 16.0. The molecule has 0 radical (unpaired) electrons. The molecular formula is C42H50N10O6. The normalized spacial score (nSPS) is 18.1. The lowest BCUT2D eigenvalue weighted by Crippen LogP contribution is -2.51. The maximum absolute atomic E-state index is 13.6. The number of likely N-dealkylation sites (tertiary alicyclic amines) is 2. The molecule has 0 bridgehead atoms. The van der Waals surface area contributed by atoms with Crippen LogP contribution in [0.3, 0.4) is 0 Å². The first kappa shape index (κ1) is 38.5. The van der Waals surface area contributed by atoms with Crippen LogP contribution in [0.4, 0.5) is 9.59 Å². The smallest absolute Gasteiger partial charge is 0.407 e. The number of hydrogen-bond donors (Lipinski definition) is 6. The number of fused-ring (bicyclic) bond motifs is 3. The Hall–Kier alpha value is -6.32. The summed E-state index contributed by atoms with van der Waals surface area (Å²) in [6.45, 7) is 8.78. The second-order valence-corrected chi connectivity index (χ2v) is 16.0. The fraction of sp³-hybridized carbons (Fsp3) is 0.429. The molecule has 2 fully saturated rings. The van der Waals surface area contributed by atoms with Gasteiger partial charge in [-0.25, -0.2) is 19.6 Å². The molecule has 2 aromatic carbocycles. The molecule has 58 heavy (non-hydrogen) atoms. The van der Waals surface area contributed by atoms with Gasteiger partial charge in [0, 0.05) is 46.2 Å². The van der Waals surface area contributed by atoms with Crippen molar-refractivity contribution in [3.8, 4) is 22.6 Å². The lowest BCUT2D eigenvalue weighted by Gasteiger charge is -2.30. The van der Waals surface area contributed by atoms with Crippen LogP contribution in [0, 0.1) is 11.8 Å². The summed E-state index contributed by atoms with van der Waals surface area (Å²) in [5.41, 5.74) is 7.28. The van der Waals surface area contributed by atoms with E-state index in [1.807, 2.05) is 44.7 Å². The van der Waals surface area contributed by atoms with Gasteiger partial charge in [-0.1, -0.05) is 33.8 Å². The average molecular weight is 791 g/mol. The molecule has 2 aliphatic rings. The molecule has 16 nitrogen and oxygen atoms in total. The maximum Gasteiger partial charge on any atom is 0.407 e. The Morgan fingerprint density at radius 1 is 0.672 bits per heavy atom. The number of imidazole rings is 2. The summed E-state index contributed by atoms with van der Waals surface area (Å²) in [5, 5.41) is 7.51. The Kier molecular flexibility index (Phi) is 10.3. The number of nitrogens with one attached hydrogen (secondary N) is 6. The highest BCUT2D eigenvalue weighted by Crippen LogP contribution is 2.36. The van der Waals surface area contributed by atoms with Crippen LogP contribution in [0.25, 0.3) is 55.5 Å². The van der Waals surface area contributed by atoms with Crippen LogP contribution < -0.4 is 10.6 Å². The molecule has 0 saturated carbocycles. The molecular weight excluding hydrogens is 741 g/mol. The number of amides is 4. The fourth-order valence-corrected chi connectivity index (χ4v) is 8.45. The van der Waals surface area contributed by atoms with Crippen molar-refractivity contribution in [2.24, 2.45) is 11.8 Å². The van der Waals surface area contributed by atoms with Gasteiger partial charge in [0.2, 0.25) is 11.8 Å². The van der Waals surface area contributed by atoms with Crippen LogP contribution in [-0.4, -0.2) is 103 Å². The predicted molar refractivity (Wildman–Crippen MR) is 219 cm³/mol. The molecule has 16 heteroatoms. The fourth-order valence-electron chi connectivity index (χ4n) is 8.45. The van der Waals surface area contributed by atoms with Crippen LogP contribution in [0.1, 0.15) is 77.1 Å². The monoisotopic (exact) mass is 790 g/mol. The van der Waals surface area contributed by atoms with Gasteiger partial charge in [0.1, 0.15) is 23.7 Å². The number of nitrogens with zero attached hydrogens (tertiary/aromatic N) is 4. The highest BCUT2D eigenvalue weighted by atomic mass is 16.5. The molecule has 304 valence electrons. The first-order valence-corrected chi connectivity index (χ1v) is 19.9. The Balaban J connectivity index is 0.995. The zero-order valence-corrected chi connectivity index (χ0v) is 33.6. The number of alkyl carbamates (subject to hydrolysis) is 2. The lowest BCUT2D eigenvalue weighted by molar-refractivity contribution is -0.136. The molecule has 2 saturated heterocycles. The molecule has 0 spiro atoms. The SMILES string of the molecule is COC(=O)N[C@H](C(=O)N1CCCC1c1nc2ccc(-c3cc4cc5cc(-c6cnc(C7CCCN7C(=O)[C@H](NC(=O)OC)C(C)C)[nH]6)[nH]c5cc4[nH]3)cc2[nH]1)C(C)C. The highest BCUT2D eigenvalue weighted by Gasteiger charge is 2.39. The second kappa shape index (κ2) is 15.6. The maximum atomic E-state index is 13.6. The molecule has 2 unspecified atom stereocenters. The Morgan fingerprint density at radius 3 is 1.83 bits per heavy atom. The van der Waals surface area contributed by atoms with Crippen molar-refractivity contribution in [3.05, 3.63) is 60.3 Å². The van der Waals surface area contributed by atoms with Gasteiger partial charge in [0.05, 0.1) is 54.9 Å². The zero-order chi connectivity index (χ0) is 40.8. The summed E-state index contributed by atoms with van der Waals surface area (Å²) < 4.78 is 9.54. The number of ether oxygens (including phenoxy) is 2. The van der Waals surface area contributed by atoms with Crippen LogP contribution in [0.2, 0.25) is 0 Å². The van der Waals surface area contributed by atoms with E-state index in [0.717, 1.165) is 87.0 Å². The minimum atomic E-state index is -0.697. The number of benzene rings is 2. The minimum Gasteiger partial charge on any atom is -0.453 e. The Morgan fingerprint density at radius 2 is 1.24 bits per heavy atom. The van der Waals surface area contributed by atoms with Gasteiger partial charge in [0.15, 0.2) is 0 Å². The summed E-state index contributed by atoms with van der Waals surface area (Å²) in [4.78, 5) is 78.5. The first-order chi connectivity index (χ1) is 27.9. The number of aromatic amines is 4. The van der Waals surface area contributed by atoms with Crippen molar-refractivity contribution in [2.45, 2.75) is 77.5 Å². The van der Waals surface area contributed by atoms with Crippen molar-refractivity contribution >= 4 is 56.8 Å². The quantitative estimate of drug-likeness (QED) is 0.0882. The van der Waals surface area contributed by atoms with E-state index >= 15 is 0 Å². The van der Waals surface area contributed by atoms with E-state index in [-0.39, 0.29) is 35.7 Å². The number of H-pyrrole nitrogens is 4. The molecule has 2 aliphatic heterocycles. The molecule has 4 atom stereocenters. The van der Waals surface area contributed by atoms with Crippen molar-refractivity contribution in [1.82, 2.24) is 50.3 Å². The number of carbonyl (C=O) groups excluding carboxylic acids is 4. The van der Waals surface area contributed by atoms with Gasteiger partial charge in [-0.15, -0.1) is 0 Å². The first-order valence-electron chi connectivity index (χ1n) is 19.9. The van der Waals surface area contributed by atoms with Crippen molar-refractivity contribution in [2.75, 3.05) is 27.3 Å². The average Bonchev–Trinajstić information content (AvgIpc) is 4.06. The largest absolute Gasteiger partial charge is 0.453 e. The standard InChI is InChI=1S/C42H50N10O6/c1-21(2)35(49-41(55)57-5)39(53)51-13-7-9-33(51)37-43-20-32(48-37)31-18-25-15-24-17-27(44-28(24)19-29(25)45-31)23-11-12-26-30(16-23)47-38(46-26)34-10-8-14-52(34)40(54)36(22(3)4)50-42(56)58-6/h11-12,15-22,33-36,44-45H,7-10,13-14H2,1-6H3,(H,43,48)(H,46,47)(H,49,55)(H,50,56)/t33?,34?,35-,36+/m1/s1. The van der Waals surface area contributed by atoms with Gasteiger partial charge >= 0.3 is 12.2 Å². The van der Waals surface area contributed by atoms with Crippen LogP contribution in [0.15, 0.2) is 48.7 Å². The van der Waals surface area contributed by atoms with E-state index in [0.29, 0.717) is 18.9 Å². The number of aromatic nitrogens is 6. The number of carbonyl (C=O) groups is 4. The predicted octanol–water partition coefficient (Wildman–Crippen LogP) is 6.67. The van der Waals surface area contributed by atoms with E-state index in [1.54, 1.807) is 11.1 Å². The minimum absolute atomic E-state index is 0.112. The zero-order valence-electron chi connectivity index (χ0n) is 33.6. The molecule has 6 N–H and O–H groups in total. The highest BCUT2D eigenvalue weighted by molar-refractivity contribution is 6.00. The van der Waals surface area contributed by atoms with E-state index in [2.05, 4.69) is 60.9 Å². The molecule has 4 aromatic heterocycles. The van der Waals surface area contributed by atoms with E-state index in [1.165, 1.54) is 14.2 Å². The van der Waals surface area contributed by atoms with Gasteiger partial charge in [0.25, 0.3) is 0 Å². The third-order valence-corrected chi connectivity index (χ3v) is 11.5. The molecule has 0 aliphatic carbocycles. The molecule has 6 heterocycles. The van der Waals surface area contributed by atoms with E-state index in [4.69, 9.17) is 19.4 Å². The summed E-state index contributed by atoms with van der Waals surface area (Å²) in [7, 11) is 2.58. The summed E-state index contributed by atoms with van der Waals surface area (Å²) in [6.07, 6.45) is 3.76. The van der Waals surface area contributed by atoms with Crippen LogP contribution in [-0.2, 0) is 19.1 Å². The van der Waals surface area contributed by atoms with Crippen LogP contribution >= 0.6 is 0 Å². The summed E-state index contributed by atoms with van der Waals surface area (Å²) in [6, 6.07) is 12.7. The van der Waals surface area contributed by atoms with E-state index < -0.39 is 24.3 Å².